The minimum atomic E-state index is -0.635. The van der Waals surface area contributed by atoms with Crippen LogP contribution in [-0.2, 0) is 16.0 Å². The number of aliphatic hydroxyl groups is 1. The lowest BCUT2D eigenvalue weighted by molar-refractivity contribution is -0.115. The Kier molecular flexibility index (Phi) is 6.97. The first kappa shape index (κ1) is 23.2. The highest BCUT2D eigenvalue weighted by atomic mass is 19.1. The minimum Gasteiger partial charge on any atom is -0.446 e. The summed E-state index contributed by atoms with van der Waals surface area (Å²) in [5, 5.41) is 22.9. The van der Waals surface area contributed by atoms with Crippen LogP contribution in [-0.4, -0.2) is 45.1 Å². The number of anilines is 1. The van der Waals surface area contributed by atoms with Crippen molar-refractivity contribution in [2.24, 2.45) is 0 Å². The molecule has 0 bridgehead atoms. The van der Waals surface area contributed by atoms with E-state index in [0.717, 1.165) is 36.9 Å². The predicted molar refractivity (Wildman–Crippen MR) is 120 cm³/mol. The Balaban J connectivity index is 1.21. The number of aromatic nitrogens is 2. The number of H-pyrrole nitrogens is 1. The van der Waals surface area contributed by atoms with Crippen molar-refractivity contribution in [3.63, 3.8) is 0 Å². The SMILES string of the molecule is C[C@]1(O)CC[C@H](NC(=O)O[C@H]2CC[C@@H](c3cc(NC(=O)Cc4ccc(F)cc4)n[nH]3)C2)CC1. The Labute approximate surface area is 192 Å². The lowest BCUT2D eigenvalue weighted by atomic mass is 9.84. The van der Waals surface area contributed by atoms with Crippen LogP contribution in [0, 0.1) is 5.82 Å². The number of nitrogens with zero attached hydrogens (tertiary/aromatic N) is 1. The van der Waals surface area contributed by atoms with Gasteiger partial charge in [-0.05, 0) is 69.6 Å². The molecule has 2 fully saturated rings. The molecule has 4 N–H and O–H groups in total. The normalized spacial score (nSPS) is 27.2. The lowest BCUT2D eigenvalue weighted by Gasteiger charge is -2.33. The number of amides is 2. The number of ether oxygens (including phenoxy) is 1. The first-order valence-corrected chi connectivity index (χ1v) is 11.5. The molecule has 0 radical (unpaired) electrons. The molecule has 2 aromatic rings. The Bertz CT molecular complexity index is 965. The predicted octanol–water partition coefficient (Wildman–Crippen LogP) is 3.79. The zero-order valence-electron chi connectivity index (χ0n) is 18.8. The van der Waals surface area contributed by atoms with Gasteiger partial charge in [-0.3, -0.25) is 9.89 Å². The van der Waals surface area contributed by atoms with Crippen LogP contribution in [0.4, 0.5) is 15.0 Å². The highest BCUT2D eigenvalue weighted by molar-refractivity contribution is 5.91. The van der Waals surface area contributed by atoms with E-state index in [1.807, 2.05) is 13.0 Å². The molecule has 2 saturated carbocycles. The summed E-state index contributed by atoms with van der Waals surface area (Å²) >= 11 is 0. The molecule has 4 rings (SSSR count). The second-order valence-electron chi connectivity index (χ2n) is 9.51. The van der Waals surface area contributed by atoms with Crippen LogP contribution in [0.2, 0.25) is 0 Å². The van der Waals surface area contributed by atoms with Crippen LogP contribution in [0.3, 0.4) is 0 Å². The number of alkyl carbamates (subject to hydrolysis) is 1. The molecule has 1 aromatic carbocycles. The van der Waals surface area contributed by atoms with E-state index in [1.165, 1.54) is 12.1 Å². The van der Waals surface area contributed by atoms with Crippen molar-refractivity contribution in [1.82, 2.24) is 15.5 Å². The zero-order chi connectivity index (χ0) is 23.4. The average molecular weight is 459 g/mol. The fraction of sp³-hybridized carbons (Fsp3) is 0.542. The average Bonchev–Trinajstić information content (AvgIpc) is 3.41. The molecule has 0 spiro atoms. The van der Waals surface area contributed by atoms with Crippen molar-refractivity contribution in [1.29, 1.82) is 0 Å². The van der Waals surface area contributed by atoms with E-state index >= 15 is 0 Å². The highest BCUT2D eigenvalue weighted by Crippen LogP contribution is 2.36. The summed E-state index contributed by atoms with van der Waals surface area (Å²) in [6.45, 7) is 1.83. The number of aromatic amines is 1. The van der Waals surface area contributed by atoms with Gasteiger partial charge in [0.05, 0.1) is 12.0 Å². The van der Waals surface area contributed by atoms with Crippen LogP contribution in [0.1, 0.15) is 69.0 Å². The molecule has 9 heteroatoms. The van der Waals surface area contributed by atoms with Crippen LogP contribution >= 0.6 is 0 Å². The molecule has 1 heterocycles. The molecule has 2 amide bonds. The van der Waals surface area contributed by atoms with Gasteiger partial charge in [-0.15, -0.1) is 0 Å². The highest BCUT2D eigenvalue weighted by Gasteiger charge is 2.32. The third-order valence-corrected chi connectivity index (χ3v) is 6.63. The van der Waals surface area contributed by atoms with Crippen molar-refractivity contribution < 1.29 is 23.8 Å². The quantitative estimate of drug-likeness (QED) is 0.526. The van der Waals surface area contributed by atoms with Crippen molar-refractivity contribution in [3.05, 3.63) is 47.4 Å². The monoisotopic (exact) mass is 458 g/mol. The summed E-state index contributed by atoms with van der Waals surface area (Å²) in [5.74, 6) is 0.0408. The maximum atomic E-state index is 13.0. The van der Waals surface area contributed by atoms with Gasteiger partial charge in [0.1, 0.15) is 11.9 Å². The Morgan fingerprint density at radius 1 is 1.21 bits per heavy atom. The number of nitrogens with one attached hydrogen (secondary N) is 3. The second kappa shape index (κ2) is 9.91. The standard InChI is InChI=1S/C24H31FN4O4/c1-24(32)10-8-18(9-11-24)26-23(31)33-19-7-4-16(13-19)20-14-21(29-28-20)27-22(30)12-15-2-5-17(25)6-3-15/h2-3,5-6,14,16,18-19,32H,4,7-13H2,1H3,(H,26,31)(H2,27,28,29,30)/t16-,18-,19+,24-/m1/s1. The summed E-state index contributed by atoms with van der Waals surface area (Å²) in [7, 11) is 0. The van der Waals surface area contributed by atoms with Crippen molar-refractivity contribution in [2.45, 2.75) is 82.0 Å². The summed E-state index contributed by atoms with van der Waals surface area (Å²) in [4.78, 5) is 24.5. The summed E-state index contributed by atoms with van der Waals surface area (Å²) < 4.78 is 18.6. The lowest BCUT2D eigenvalue weighted by Crippen LogP contribution is -2.43. The number of carbonyl (C=O) groups excluding carboxylic acids is 2. The number of carbonyl (C=O) groups is 2. The second-order valence-corrected chi connectivity index (χ2v) is 9.51. The van der Waals surface area contributed by atoms with Crippen molar-refractivity contribution in [2.75, 3.05) is 5.32 Å². The summed E-state index contributed by atoms with van der Waals surface area (Å²) in [6, 6.07) is 7.67. The smallest absolute Gasteiger partial charge is 0.407 e. The molecule has 1 aromatic heterocycles. The van der Waals surface area contributed by atoms with Gasteiger partial charge < -0.3 is 20.5 Å². The maximum Gasteiger partial charge on any atom is 0.407 e. The number of hydrogen-bond donors (Lipinski definition) is 4. The van der Waals surface area contributed by atoms with Crippen LogP contribution < -0.4 is 10.6 Å². The van der Waals surface area contributed by atoms with Gasteiger partial charge in [0, 0.05) is 23.7 Å². The first-order valence-electron chi connectivity index (χ1n) is 11.5. The Hall–Kier alpha value is -2.94. The van der Waals surface area contributed by atoms with Gasteiger partial charge >= 0.3 is 6.09 Å². The van der Waals surface area contributed by atoms with Gasteiger partial charge in [0.15, 0.2) is 5.82 Å². The van der Waals surface area contributed by atoms with E-state index in [0.29, 0.717) is 25.1 Å². The molecular formula is C24H31FN4O4. The van der Waals surface area contributed by atoms with Crippen molar-refractivity contribution >= 4 is 17.8 Å². The third kappa shape index (κ3) is 6.54. The Morgan fingerprint density at radius 2 is 1.94 bits per heavy atom. The van der Waals surface area contributed by atoms with Crippen LogP contribution in [0.25, 0.3) is 0 Å². The van der Waals surface area contributed by atoms with E-state index in [9.17, 15) is 19.1 Å². The molecule has 33 heavy (non-hydrogen) atoms. The molecule has 178 valence electrons. The molecule has 0 aliphatic heterocycles. The molecular weight excluding hydrogens is 427 g/mol. The van der Waals surface area contributed by atoms with E-state index in [2.05, 4.69) is 20.8 Å². The van der Waals surface area contributed by atoms with Crippen molar-refractivity contribution in [3.8, 4) is 0 Å². The van der Waals surface area contributed by atoms with Crippen LogP contribution in [0.5, 0.6) is 0 Å². The Morgan fingerprint density at radius 3 is 2.67 bits per heavy atom. The van der Waals surface area contributed by atoms with Gasteiger partial charge in [0.2, 0.25) is 5.91 Å². The van der Waals surface area contributed by atoms with E-state index in [-0.39, 0.29) is 36.2 Å². The fourth-order valence-electron chi connectivity index (χ4n) is 4.65. The van der Waals surface area contributed by atoms with Gasteiger partial charge in [-0.1, -0.05) is 12.1 Å². The largest absolute Gasteiger partial charge is 0.446 e. The van der Waals surface area contributed by atoms with Gasteiger partial charge in [-0.2, -0.15) is 5.10 Å². The summed E-state index contributed by atoms with van der Waals surface area (Å²) in [6.07, 6.45) is 4.73. The molecule has 2 aliphatic rings. The number of benzene rings is 1. The van der Waals surface area contributed by atoms with E-state index < -0.39 is 11.7 Å². The number of rotatable bonds is 6. The van der Waals surface area contributed by atoms with E-state index in [1.54, 1.807) is 12.1 Å². The third-order valence-electron chi connectivity index (χ3n) is 6.63. The van der Waals surface area contributed by atoms with Crippen LogP contribution in [0.15, 0.2) is 30.3 Å². The number of halogens is 1. The molecule has 0 unspecified atom stereocenters. The topological polar surface area (TPSA) is 116 Å². The van der Waals surface area contributed by atoms with E-state index in [4.69, 9.17) is 4.74 Å². The zero-order valence-corrected chi connectivity index (χ0v) is 18.8. The molecule has 0 saturated heterocycles. The van der Waals surface area contributed by atoms with Gasteiger partial charge in [0.25, 0.3) is 0 Å². The fourth-order valence-corrected chi connectivity index (χ4v) is 4.65. The summed E-state index contributed by atoms with van der Waals surface area (Å²) in [5.41, 5.74) is 0.981. The first-order chi connectivity index (χ1) is 15.8. The maximum absolute atomic E-state index is 13.0. The minimum absolute atomic E-state index is 0.0450. The molecule has 2 atom stereocenters. The molecule has 8 nitrogen and oxygen atoms in total. The number of hydrogen-bond acceptors (Lipinski definition) is 5. The van der Waals surface area contributed by atoms with Gasteiger partial charge in [-0.25, -0.2) is 9.18 Å². The molecule has 2 aliphatic carbocycles.